The Bertz CT molecular complexity index is 276. The van der Waals surface area contributed by atoms with Crippen molar-refractivity contribution >= 4 is 28.3 Å². The van der Waals surface area contributed by atoms with Crippen molar-refractivity contribution in [3.05, 3.63) is 0 Å². The van der Waals surface area contributed by atoms with Gasteiger partial charge in [0.15, 0.2) is 0 Å². The van der Waals surface area contributed by atoms with Crippen LogP contribution in [-0.2, 0) is 4.74 Å². The minimum Gasteiger partial charge on any atom is -0.394 e. The number of hydrogen-bond acceptors (Lipinski definition) is 7. The Morgan fingerprint density at radius 1 is 1.24 bits per heavy atom. The van der Waals surface area contributed by atoms with Crippen LogP contribution in [0.25, 0.3) is 0 Å². The third-order valence-electron chi connectivity index (χ3n) is 2.43. The van der Waals surface area contributed by atoms with E-state index in [1.165, 1.54) is 0 Å². The maximum atomic E-state index is 9.74. The van der Waals surface area contributed by atoms with Gasteiger partial charge in [-0.05, 0) is 0 Å². The molecule has 0 amide bonds. The molecule has 0 bridgehead atoms. The first-order valence-corrected chi connectivity index (χ1v) is 6.35. The van der Waals surface area contributed by atoms with Crippen LogP contribution in [0.4, 0.5) is 0 Å². The molecular formula is C9H17NO5S2. The van der Waals surface area contributed by atoms with Crippen molar-refractivity contribution in [3.8, 4) is 0 Å². The van der Waals surface area contributed by atoms with E-state index in [9.17, 15) is 15.3 Å². The molecular weight excluding hydrogens is 266 g/mol. The van der Waals surface area contributed by atoms with E-state index in [1.807, 2.05) is 0 Å². The fraction of sp³-hybridized carbons (Fsp3) is 0.889. The Labute approximate surface area is 109 Å². The van der Waals surface area contributed by atoms with E-state index in [0.29, 0.717) is 4.32 Å². The lowest BCUT2D eigenvalue weighted by Crippen LogP contribution is -2.57. The number of thioether (sulfide) groups is 1. The maximum Gasteiger partial charge on any atom is 0.139 e. The van der Waals surface area contributed by atoms with Gasteiger partial charge in [-0.2, -0.15) is 0 Å². The van der Waals surface area contributed by atoms with Crippen LogP contribution < -0.4 is 0 Å². The summed E-state index contributed by atoms with van der Waals surface area (Å²) in [7, 11) is 3.50. The van der Waals surface area contributed by atoms with Gasteiger partial charge < -0.3 is 30.1 Å². The summed E-state index contributed by atoms with van der Waals surface area (Å²) in [5, 5.41) is 37.9. The molecule has 17 heavy (non-hydrogen) atoms. The summed E-state index contributed by atoms with van der Waals surface area (Å²) in [6.45, 7) is -0.434. The predicted molar refractivity (Wildman–Crippen MR) is 67.6 cm³/mol. The molecule has 0 aromatic carbocycles. The normalized spacial score (nSPS) is 37.9. The number of aliphatic hydroxyl groups is 4. The Hall–Kier alpha value is 0.0400. The lowest BCUT2D eigenvalue weighted by molar-refractivity contribution is -0.205. The Morgan fingerprint density at radius 3 is 2.29 bits per heavy atom. The minimum atomic E-state index is -1.36. The summed E-state index contributed by atoms with van der Waals surface area (Å²) in [4.78, 5) is 1.67. The highest BCUT2D eigenvalue weighted by Gasteiger charge is 2.44. The highest BCUT2D eigenvalue weighted by atomic mass is 32.2. The van der Waals surface area contributed by atoms with E-state index >= 15 is 0 Å². The van der Waals surface area contributed by atoms with Gasteiger partial charge in [-0.25, -0.2) is 0 Å². The van der Waals surface area contributed by atoms with E-state index in [0.717, 1.165) is 11.8 Å². The zero-order chi connectivity index (χ0) is 13.2. The lowest BCUT2D eigenvalue weighted by atomic mass is 10.0. The second kappa shape index (κ2) is 6.28. The van der Waals surface area contributed by atoms with Crippen molar-refractivity contribution in [2.24, 2.45) is 0 Å². The second-order valence-electron chi connectivity index (χ2n) is 3.98. The fourth-order valence-corrected chi connectivity index (χ4v) is 2.56. The van der Waals surface area contributed by atoms with Crippen LogP contribution in [0, 0.1) is 0 Å². The average Bonchev–Trinajstić information content (AvgIpc) is 2.29. The Morgan fingerprint density at radius 2 is 1.82 bits per heavy atom. The molecule has 100 valence electrons. The van der Waals surface area contributed by atoms with Gasteiger partial charge in [0.1, 0.15) is 34.2 Å². The van der Waals surface area contributed by atoms with Gasteiger partial charge in [0, 0.05) is 14.1 Å². The lowest BCUT2D eigenvalue weighted by Gasteiger charge is -2.39. The molecule has 4 N–H and O–H groups in total. The molecule has 1 heterocycles. The molecule has 0 aromatic heterocycles. The first-order chi connectivity index (χ1) is 7.88. The number of thiocarbonyl (C=S) groups is 1. The molecule has 0 aromatic rings. The standard InChI is InChI=1S/C9H17NO5S2/c1-10(2)9(16)17-8-7(14)6(13)5(12)4(3-11)15-8/h4-8,11-14H,3H2,1-2H3. The van der Waals surface area contributed by atoms with Gasteiger partial charge in [0.05, 0.1) is 6.61 Å². The van der Waals surface area contributed by atoms with Gasteiger partial charge in [0.2, 0.25) is 0 Å². The first-order valence-electron chi connectivity index (χ1n) is 5.07. The molecule has 1 saturated heterocycles. The van der Waals surface area contributed by atoms with Crippen LogP contribution in [0.15, 0.2) is 0 Å². The van der Waals surface area contributed by atoms with Crippen LogP contribution in [0.2, 0.25) is 0 Å². The molecule has 0 saturated carbocycles. The minimum absolute atomic E-state index is 0.434. The smallest absolute Gasteiger partial charge is 0.139 e. The van der Waals surface area contributed by atoms with E-state index in [-0.39, 0.29) is 0 Å². The van der Waals surface area contributed by atoms with Crippen molar-refractivity contribution in [2.75, 3.05) is 20.7 Å². The van der Waals surface area contributed by atoms with Crippen LogP contribution in [0.3, 0.4) is 0 Å². The number of ether oxygens (including phenoxy) is 1. The van der Waals surface area contributed by atoms with Gasteiger partial charge in [0.25, 0.3) is 0 Å². The van der Waals surface area contributed by atoms with Gasteiger partial charge >= 0.3 is 0 Å². The fourth-order valence-electron chi connectivity index (χ4n) is 1.37. The topological polar surface area (TPSA) is 93.4 Å². The molecule has 1 aliphatic rings. The van der Waals surface area contributed by atoms with Crippen molar-refractivity contribution in [1.82, 2.24) is 4.90 Å². The molecule has 1 aliphatic heterocycles. The first kappa shape index (κ1) is 15.1. The summed E-state index contributed by atoms with van der Waals surface area (Å²) in [6.07, 6.45) is -4.84. The Kier molecular flexibility index (Phi) is 5.58. The van der Waals surface area contributed by atoms with E-state index in [2.05, 4.69) is 0 Å². The van der Waals surface area contributed by atoms with E-state index in [4.69, 9.17) is 22.1 Å². The van der Waals surface area contributed by atoms with Crippen LogP contribution in [0.5, 0.6) is 0 Å². The van der Waals surface area contributed by atoms with Crippen molar-refractivity contribution in [2.45, 2.75) is 29.9 Å². The Balaban J connectivity index is 2.69. The van der Waals surface area contributed by atoms with Crippen LogP contribution in [-0.4, -0.2) is 80.2 Å². The summed E-state index contributed by atoms with van der Waals surface area (Å²) < 4.78 is 5.77. The van der Waals surface area contributed by atoms with Crippen molar-refractivity contribution < 1.29 is 25.2 Å². The quantitative estimate of drug-likeness (QED) is 0.449. The number of hydrogen-bond donors (Lipinski definition) is 4. The molecule has 0 radical (unpaired) electrons. The highest BCUT2D eigenvalue weighted by molar-refractivity contribution is 8.23. The summed E-state index contributed by atoms with van der Waals surface area (Å²) in [5.41, 5.74) is -0.805. The SMILES string of the molecule is CN(C)C(=S)SC1OC(CO)C(O)C(O)C1O. The summed E-state index contributed by atoms with van der Waals surface area (Å²) >= 11 is 6.11. The van der Waals surface area contributed by atoms with Gasteiger partial charge in [-0.1, -0.05) is 24.0 Å². The maximum absolute atomic E-state index is 9.74. The molecule has 6 nitrogen and oxygen atoms in total. The monoisotopic (exact) mass is 283 g/mol. The highest BCUT2D eigenvalue weighted by Crippen LogP contribution is 2.29. The number of aliphatic hydroxyl groups excluding tert-OH is 4. The third-order valence-corrected chi connectivity index (χ3v) is 4.27. The van der Waals surface area contributed by atoms with E-state index < -0.39 is 36.5 Å². The molecule has 0 aliphatic carbocycles. The van der Waals surface area contributed by atoms with Gasteiger partial charge in [-0.3, -0.25) is 0 Å². The zero-order valence-electron chi connectivity index (χ0n) is 9.55. The second-order valence-corrected chi connectivity index (χ2v) is 5.71. The number of nitrogens with zero attached hydrogens (tertiary/aromatic N) is 1. The predicted octanol–water partition coefficient (Wildman–Crippen LogP) is -1.63. The largest absolute Gasteiger partial charge is 0.394 e. The van der Waals surface area contributed by atoms with E-state index in [1.54, 1.807) is 19.0 Å². The van der Waals surface area contributed by atoms with Gasteiger partial charge in [-0.15, -0.1) is 0 Å². The summed E-state index contributed by atoms with van der Waals surface area (Å²) in [5.74, 6) is 0. The number of rotatable bonds is 2. The molecule has 1 fully saturated rings. The van der Waals surface area contributed by atoms with Crippen molar-refractivity contribution in [1.29, 1.82) is 0 Å². The third kappa shape index (κ3) is 3.50. The summed E-state index contributed by atoms with van der Waals surface area (Å²) in [6, 6.07) is 0. The van der Waals surface area contributed by atoms with Crippen molar-refractivity contribution in [3.63, 3.8) is 0 Å². The van der Waals surface area contributed by atoms with Crippen LogP contribution >= 0.6 is 24.0 Å². The molecule has 8 heteroatoms. The molecule has 1 rings (SSSR count). The van der Waals surface area contributed by atoms with Crippen LogP contribution in [0.1, 0.15) is 0 Å². The zero-order valence-corrected chi connectivity index (χ0v) is 11.2. The average molecular weight is 283 g/mol. The molecule has 5 atom stereocenters. The molecule has 0 spiro atoms. The molecule has 5 unspecified atom stereocenters.